The number of halogens is 2. The Kier molecular flexibility index (Phi) is 6.90. The number of aromatic nitrogens is 3. The molecule has 7 nitrogen and oxygen atoms in total. The molecule has 0 bridgehead atoms. The van der Waals surface area contributed by atoms with E-state index >= 15 is 0 Å². The van der Waals surface area contributed by atoms with Crippen LogP contribution >= 0.6 is 23.4 Å². The monoisotopic (exact) mass is 484 g/mol. The van der Waals surface area contributed by atoms with E-state index in [0.717, 1.165) is 17.8 Å². The zero-order valence-electron chi connectivity index (χ0n) is 17.4. The number of amides is 1. The quantitative estimate of drug-likeness (QED) is 0.302. The van der Waals surface area contributed by atoms with Crippen molar-refractivity contribution < 1.29 is 13.9 Å². The van der Waals surface area contributed by atoms with Gasteiger partial charge in [-0.05, 0) is 61.5 Å². The summed E-state index contributed by atoms with van der Waals surface area (Å²) in [7, 11) is 0. The molecule has 0 aliphatic rings. The topological polar surface area (TPSA) is 86.1 Å². The highest BCUT2D eigenvalue weighted by Crippen LogP contribution is 2.23. The standard InChI is InChI=1S/C23H18ClFN4O3S/c1-2-32-16-8-6-15(7-9-16)29-22(31)17-4-3-11-26-21(17)28-23(29)33-13-20(30)27-19-10-5-14(24)12-18(19)25/h3-12H,2,13H2,1H3,(H,27,30). The van der Waals surface area contributed by atoms with Gasteiger partial charge in [-0.25, -0.2) is 14.4 Å². The number of rotatable bonds is 7. The maximum absolute atomic E-state index is 14.0. The Bertz CT molecular complexity index is 1380. The summed E-state index contributed by atoms with van der Waals surface area (Å²) in [6.45, 7) is 2.40. The third-order valence-corrected chi connectivity index (χ3v) is 5.73. The van der Waals surface area contributed by atoms with Gasteiger partial charge in [0.1, 0.15) is 11.6 Å². The van der Waals surface area contributed by atoms with E-state index in [-0.39, 0.29) is 32.8 Å². The predicted molar refractivity (Wildman–Crippen MR) is 127 cm³/mol. The number of carbonyl (C=O) groups is 1. The number of fused-ring (bicyclic) bond motifs is 1. The Balaban J connectivity index is 1.65. The summed E-state index contributed by atoms with van der Waals surface area (Å²) in [6, 6.07) is 14.3. The van der Waals surface area contributed by atoms with Crippen LogP contribution in [-0.4, -0.2) is 32.8 Å². The Morgan fingerprint density at radius 3 is 2.73 bits per heavy atom. The van der Waals surface area contributed by atoms with E-state index in [2.05, 4.69) is 15.3 Å². The smallest absolute Gasteiger partial charge is 0.268 e. The van der Waals surface area contributed by atoms with Crippen molar-refractivity contribution in [3.8, 4) is 11.4 Å². The molecule has 0 fully saturated rings. The molecule has 0 radical (unpaired) electrons. The van der Waals surface area contributed by atoms with E-state index in [1.54, 1.807) is 42.6 Å². The molecule has 10 heteroatoms. The van der Waals surface area contributed by atoms with Gasteiger partial charge in [0.2, 0.25) is 5.91 Å². The molecule has 2 heterocycles. The molecular formula is C23H18ClFN4O3S. The van der Waals surface area contributed by atoms with Gasteiger partial charge in [-0.3, -0.25) is 14.2 Å². The van der Waals surface area contributed by atoms with Crippen molar-refractivity contribution in [1.29, 1.82) is 0 Å². The third kappa shape index (κ3) is 5.15. The highest BCUT2D eigenvalue weighted by molar-refractivity contribution is 7.99. The molecule has 4 aromatic rings. The van der Waals surface area contributed by atoms with Gasteiger partial charge in [0.05, 0.1) is 29.1 Å². The summed E-state index contributed by atoms with van der Waals surface area (Å²) in [4.78, 5) is 34.4. The van der Waals surface area contributed by atoms with Crippen LogP contribution in [0.2, 0.25) is 5.02 Å². The molecule has 0 saturated carbocycles. The Labute approximate surface area is 197 Å². The number of anilines is 1. The van der Waals surface area contributed by atoms with Crippen molar-refractivity contribution in [3.05, 3.63) is 82.0 Å². The molecule has 0 aliphatic carbocycles. The van der Waals surface area contributed by atoms with Crippen LogP contribution in [0.3, 0.4) is 0 Å². The van der Waals surface area contributed by atoms with E-state index in [0.29, 0.717) is 23.4 Å². The lowest BCUT2D eigenvalue weighted by Gasteiger charge is -2.13. The minimum absolute atomic E-state index is 0.0158. The lowest BCUT2D eigenvalue weighted by molar-refractivity contribution is -0.113. The molecule has 0 atom stereocenters. The number of thioether (sulfide) groups is 1. The van der Waals surface area contributed by atoms with E-state index in [9.17, 15) is 14.0 Å². The first-order valence-corrected chi connectivity index (χ1v) is 11.3. The number of pyridine rings is 1. The van der Waals surface area contributed by atoms with Gasteiger partial charge < -0.3 is 10.1 Å². The summed E-state index contributed by atoms with van der Waals surface area (Å²) in [5.74, 6) is -0.539. The van der Waals surface area contributed by atoms with Gasteiger partial charge in [-0.2, -0.15) is 0 Å². The Morgan fingerprint density at radius 2 is 2.00 bits per heavy atom. The second kappa shape index (κ2) is 10.0. The second-order valence-electron chi connectivity index (χ2n) is 6.80. The average Bonchev–Trinajstić information content (AvgIpc) is 2.81. The molecular weight excluding hydrogens is 467 g/mol. The second-order valence-corrected chi connectivity index (χ2v) is 8.18. The third-order valence-electron chi connectivity index (χ3n) is 4.56. The maximum Gasteiger partial charge on any atom is 0.268 e. The van der Waals surface area contributed by atoms with Gasteiger partial charge in [0.15, 0.2) is 10.8 Å². The van der Waals surface area contributed by atoms with Crippen molar-refractivity contribution in [3.63, 3.8) is 0 Å². The first kappa shape index (κ1) is 22.8. The number of hydrogen-bond acceptors (Lipinski definition) is 6. The number of ether oxygens (including phenoxy) is 1. The summed E-state index contributed by atoms with van der Waals surface area (Å²) >= 11 is 6.79. The van der Waals surface area contributed by atoms with Crippen LogP contribution in [0, 0.1) is 5.82 Å². The summed E-state index contributed by atoms with van der Waals surface area (Å²) < 4.78 is 20.9. The highest BCUT2D eigenvalue weighted by Gasteiger charge is 2.16. The summed E-state index contributed by atoms with van der Waals surface area (Å²) in [5, 5.41) is 3.36. The molecule has 0 aliphatic heterocycles. The van der Waals surface area contributed by atoms with E-state index < -0.39 is 11.7 Å². The minimum atomic E-state index is -0.639. The SMILES string of the molecule is CCOc1ccc(-n2c(SCC(=O)Nc3ccc(Cl)cc3F)nc3ncccc3c2=O)cc1. The lowest BCUT2D eigenvalue weighted by Crippen LogP contribution is -2.23. The predicted octanol–water partition coefficient (Wildman–Crippen LogP) is 4.70. The Hall–Kier alpha value is -3.43. The molecule has 33 heavy (non-hydrogen) atoms. The highest BCUT2D eigenvalue weighted by atomic mass is 35.5. The van der Waals surface area contributed by atoms with E-state index in [1.807, 2.05) is 6.92 Å². The number of carbonyl (C=O) groups excluding carboxylic acids is 1. The average molecular weight is 485 g/mol. The Morgan fingerprint density at radius 1 is 1.21 bits per heavy atom. The maximum atomic E-state index is 14.0. The van der Waals surface area contributed by atoms with Crippen molar-refractivity contribution in [2.45, 2.75) is 12.1 Å². The first-order valence-electron chi connectivity index (χ1n) is 9.95. The zero-order valence-corrected chi connectivity index (χ0v) is 19.0. The number of nitrogens with one attached hydrogen (secondary N) is 1. The summed E-state index contributed by atoms with van der Waals surface area (Å²) in [5.41, 5.74) is 0.538. The van der Waals surface area contributed by atoms with E-state index in [1.165, 1.54) is 16.7 Å². The van der Waals surface area contributed by atoms with Crippen molar-refractivity contribution in [2.75, 3.05) is 17.7 Å². The van der Waals surface area contributed by atoms with Crippen LogP contribution in [0.1, 0.15) is 6.92 Å². The molecule has 168 valence electrons. The van der Waals surface area contributed by atoms with Gasteiger partial charge in [-0.15, -0.1) is 0 Å². The van der Waals surface area contributed by atoms with Gasteiger partial charge in [0.25, 0.3) is 5.56 Å². The van der Waals surface area contributed by atoms with Crippen LogP contribution in [0.4, 0.5) is 10.1 Å². The molecule has 2 aromatic heterocycles. The van der Waals surface area contributed by atoms with Crippen molar-refractivity contribution in [2.24, 2.45) is 0 Å². The van der Waals surface area contributed by atoms with E-state index in [4.69, 9.17) is 16.3 Å². The molecule has 4 rings (SSSR count). The summed E-state index contributed by atoms with van der Waals surface area (Å²) in [6.07, 6.45) is 1.54. The van der Waals surface area contributed by atoms with Gasteiger partial charge in [-0.1, -0.05) is 23.4 Å². The molecule has 0 saturated heterocycles. The molecule has 1 amide bonds. The van der Waals surface area contributed by atoms with Crippen LogP contribution < -0.4 is 15.6 Å². The molecule has 0 spiro atoms. The zero-order chi connectivity index (χ0) is 23.4. The van der Waals surface area contributed by atoms with Gasteiger partial charge in [0, 0.05) is 11.2 Å². The van der Waals surface area contributed by atoms with Crippen LogP contribution in [0.5, 0.6) is 5.75 Å². The van der Waals surface area contributed by atoms with Crippen LogP contribution in [0.25, 0.3) is 16.7 Å². The number of benzene rings is 2. The lowest BCUT2D eigenvalue weighted by atomic mass is 10.3. The molecule has 2 aromatic carbocycles. The molecule has 0 unspecified atom stereocenters. The number of nitrogens with zero attached hydrogens (tertiary/aromatic N) is 3. The largest absolute Gasteiger partial charge is 0.494 e. The fourth-order valence-electron chi connectivity index (χ4n) is 3.09. The fraction of sp³-hybridized carbons (Fsp3) is 0.130. The van der Waals surface area contributed by atoms with Gasteiger partial charge >= 0.3 is 0 Å². The fourth-order valence-corrected chi connectivity index (χ4v) is 4.05. The van der Waals surface area contributed by atoms with Crippen molar-refractivity contribution in [1.82, 2.24) is 14.5 Å². The first-order chi connectivity index (χ1) is 16.0. The minimum Gasteiger partial charge on any atom is -0.494 e. The normalized spacial score (nSPS) is 10.9. The number of hydrogen-bond donors (Lipinski definition) is 1. The van der Waals surface area contributed by atoms with Crippen LogP contribution in [-0.2, 0) is 4.79 Å². The van der Waals surface area contributed by atoms with Crippen molar-refractivity contribution >= 4 is 46.0 Å². The molecule has 1 N–H and O–H groups in total. The van der Waals surface area contributed by atoms with Crippen LogP contribution in [0.15, 0.2) is 70.7 Å².